The summed E-state index contributed by atoms with van der Waals surface area (Å²) in [4.78, 5) is 8.09. The molecule has 0 atom stereocenters. The summed E-state index contributed by atoms with van der Waals surface area (Å²) in [5, 5.41) is 4.77. The van der Waals surface area contributed by atoms with E-state index in [9.17, 15) is 0 Å². The molecular weight excluding hydrogens is 258 g/mol. The van der Waals surface area contributed by atoms with Crippen LogP contribution in [0.1, 0.15) is 29.3 Å². The van der Waals surface area contributed by atoms with Crippen LogP contribution in [0.25, 0.3) is 10.9 Å². The second kappa shape index (κ2) is 5.60. The number of nitrogens with zero attached hydrogens (tertiary/aromatic N) is 1. The molecular formula is C18H21N3. The molecule has 0 aliphatic rings. The zero-order chi connectivity index (χ0) is 14.8. The first kappa shape index (κ1) is 13.7. The van der Waals surface area contributed by atoms with Crippen LogP contribution in [0.3, 0.4) is 0 Å². The topological polar surface area (TPSA) is 40.7 Å². The van der Waals surface area contributed by atoms with Crippen molar-refractivity contribution in [2.75, 3.05) is 5.32 Å². The van der Waals surface area contributed by atoms with Gasteiger partial charge in [-0.25, -0.2) is 4.98 Å². The van der Waals surface area contributed by atoms with Gasteiger partial charge in [0.1, 0.15) is 0 Å². The highest BCUT2D eigenvalue weighted by Gasteiger charge is 2.13. The third-order valence-electron chi connectivity index (χ3n) is 4.09. The van der Waals surface area contributed by atoms with Gasteiger partial charge in [0, 0.05) is 23.8 Å². The van der Waals surface area contributed by atoms with Crippen LogP contribution in [0.5, 0.6) is 0 Å². The Bertz CT molecular complexity index is 757. The van der Waals surface area contributed by atoms with Gasteiger partial charge in [-0.15, -0.1) is 0 Å². The van der Waals surface area contributed by atoms with Gasteiger partial charge in [0.15, 0.2) is 5.82 Å². The molecule has 0 amide bonds. The summed E-state index contributed by atoms with van der Waals surface area (Å²) >= 11 is 0. The monoisotopic (exact) mass is 279 g/mol. The van der Waals surface area contributed by atoms with Crippen LogP contribution in [0, 0.1) is 13.8 Å². The highest BCUT2D eigenvalue weighted by Crippen LogP contribution is 2.29. The van der Waals surface area contributed by atoms with E-state index in [0.717, 1.165) is 24.3 Å². The highest BCUT2D eigenvalue weighted by molar-refractivity contribution is 5.94. The minimum absolute atomic E-state index is 0.783. The van der Waals surface area contributed by atoms with Crippen molar-refractivity contribution in [1.29, 1.82) is 0 Å². The molecule has 3 heteroatoms. The first-order valence-electron chi connectivity index (χ1n) is 7.45. The number of hydrogen-bond donors (Lipinski definition) is 2. The van der Waals surface area contributed by atoms with Crippen molar-refractivity contribution in [3.63, 3.8) is 0 Å². The molecule has 0 bridgehead atoms. The molecule has 0 unspecified atom stereocenters. The molecule has 2 N–H and O–H groups in total. The van der Waals surface area contributed by atoms with Crippen molar-refractivity contribution < 1.29 is 0 Å². The van der Waals surface area contributed by atoms with Gasteiger partial charge in [0.25, 0.3) is 0 Å². The van der Waals surface area contributed by atoms with Crippen LogP contribution in [-0.4, -0.2) is 9.97 Å². The first-order chi connectivity index (χ1) is 10.2. The molecule has 0 saturated carbocycles. The number of pyridine rings is 1. The third-order valence-corrected chi connectivity index (χ3v) is 4.09. The number of anilines is 1. The Morgan fingerprint density at radius 1 is 1.14 bits per heavy atom. The van der Waals surface area contributed by atoms with E-state index < -0.39 is 0 Å². The van der Waals surface area contributed by atoms with Crippen molar-refractivity contribution in [3.05, 3.63) is 58.9 Å². The number of aryl methyl sites for hydroxylation is 3. The fourth-order valence-corrected chi connectivity index (χ4v) is 2.75. The summed E-state index contributed by atoms with van der Waals surface area (Å²) in [6.07, 6.45) is 3.00. The zero-order valence-corrected chi connectivity index (χ0v) is 12.8. The number of hydrogen-bond acceptors (Lipinski definition) is 2. The molecule has 0 saturated heterocycles. The number of aromatic amines is 1. The van der Waals surface area contributed by atoms with Crippen LogP contribution in [-0.2, 0) is 13.0 Å². The van der Waals surface area contributed by atoms with Crippen LogP contribution in [0.2, 0.25) is 0 Å². The Balaban J connectivity index is 1.98. The Morgan fingerprint density at radius 3 is 2.62 bits per heavy atom. The molecule has 2 heterocycles. The zero-order valence-electron chi connectivity index (χ0n) is 12.8. The molecule has 2 aromatic heterocycles. The van der Waals surface area contributed by atoms with Crippen LogP contribution in [0.15, 0.2) is 36.5 Å². The van der Waals surface area contributed by atoms with Gasteiger partial charge in [-0.05, 0) is 37.0 Å². The van der Waals surface area contributed by atoms with Gasteiger partial charge in [0.05, 0.1) is 5.52 Å². The van der Waals surface area contributed by atoms with Crippen molar-refractivity contribution in [3.8, 4) is 0 Å². The van der Waals surface area contributed by atoms with Gasteiger partial charge in [-0.2, -0.15) is 0 Å². The molecule has 1 aromatic carbocycles. The molecule has 0 radical (unpaired) electrons. The molecule has 0 aliphatic heterocycles. The van der Waals surface area contributed by atoms with Gasteiger partial charge in [-0.3, -0.25) is 0 Å². The average molecular weight is 279 g/mol. The Morgan fingerprint density at radius 2 is 1.90 bits per heavy atom. The SMILES string of the molecule is CCc1cnc(NCc2ccccc2)c2[nH]c(C)c(C)c12. The molecule has 0 fully saturated rings. The van der Waals surface area contributed by atoms with Crippen molar-refractivity contribution in [1.82, 2.24) is 9.97 Å². The maximum Gasteiger partial charge on any atom is 0.150 e. The highest BCUT2D eigenvalue weighted by atomic mass is 15.0. The summed E-state index contributed by atoms with van der Waals surface area (Å²) in [5.41, 5.74) is 6.23. The van der Waals surface area contributed by atoms with E-state index in [-0.39, 0.29) is 0 Å². The van der Waals surface area contributed by atoms with Crippen LogP contribution < -0.4 is 5.32 Å². The van der Waals surface area contributed by atoms with E-state index in [2.05, 4.69) is 60.3 Å². The largest absolute Gasteiger partial charge is 0.364 e. The smallest absolute Gasteiger partial charge is 0.150 e. The maximum absolute atomic E-state index is 4.60. The van der Waals surface area contributed by atoms with E-state index in [1.54, 1.807) is 0 Å². The van der Waals surface area contributed by atoms with E-state index in [0.29, 0.717) is 0 Å². The molecule has 21 heavy (non-hydrogen) atoms. The number of fused-ring (bicyclic) bond motifs is 1. The standard InChI is InChI=1S/C18H21N3/c1-4-15-11-20-18(17-16(15)12(2)13(3)21-17)19-10-14-8-6-5-7-9-14/h5-9,11,21H,4,10H2,1-3H3,(H,19,20). The third kappa shape index (κ3) is 2.51. The second-order valence-electron chi connectivity index (χ2n) is 5.45. The van der Waals surface area contributed by atoms with E-state index in [1.165, 1.54) is 27.8 Å². The van der Waals surface area contributed by atoms with E-state index in [1.807, 2.05) is 12.3 Å². The minimum Gasteiger partial charge on any atom is -0.364 e. The summed E-state index contributed by atoms with van der Waals surface area (Å²) in [6, 6.07) is 10.4. The fraction of sp³-hybridized carbons (Fsp3) is 0.278. The summed E-state index contributed by atoms with van der Waals surface area (Å²) in [6.45, 7) is 7.25. The quantitative estimate of drug-likeness (QED) is 0.745. The number of rotatable bonds is 4. The lowest BCUT2D eigenvalue weighted by molar-refractivity contribution is 1.09. The van der Waals surface area contributed by atoms with E-state index >= 15 is 0 Å². The lowest BCUT2D eigenvalue weighted by atomic mass is 10.1. The first-order valence-corrected chi connectivity index (χ1v) is 7.45. The Hall–Kier alpha value is -2.29. The minimum atomic E-state index is 0.783. The van der Waals surface area contributed by atoms with Gasteiger partial charge >= 0.3 is 0 Å². The van der Waals surface area contributed by atoms with Crippen LogP contribution >= 0.6 is 0 Å². The maximum atomic E-state index is 4.60. The van der Waals surface area contributed by atoms with Gasteiger partial charge in [0.2, 0.25) is 0 Å². The van der Waals surface area contributed by atoms with Crippen molar-refractivity contribution in [2.45, 2.75) is 33.7 Å². The Labute approximate surface area is 125 Å². The molecule has 3 rings (SSSR count). The predicted octanol–water partition coefficient (Wildman–Crippen LogP) is 4.35. The van der Waals surface area contributed by atoms with Gasteiger partial charge in [-0.1, -0.05) is 37.3 Å². The lowest BCUT2D eigenvalue weighted by Crippen LogP contribution is -2.02. The summed E-state index contributed by atoms with van der Waals surface area (Å²) in [7, 11) is 0. The average Bonchev–Trinajstić information content (AvgIpc) is 2.82. The van der Waals surface area contributed by atoms with E-state index in [4.69, 9.17) is 0 Å². The number of benzene rings is 1. The fourth-order valence-electron chi connectivity index (χ4n) is 2.75. The Kier molecular flexibility index (Phi) is 3.65. The number of H-pyrrole nitrogens is 1. The lowest BCUT2D eigenvalue weighted by Gasteiger charge is -2.09. The molecule has 108 valence electrons. The van der Waals surface area contributed by atoms with Crippen LogP contribution in [0.4, 0.5) is 5.82 Å². The second-order valence-corrected chi connectivity index (χ2v) is 5.45. The molecule has 0 spiro atoms. The van der Waals surface area contributed by atoms with Crippen molar-refractivity contribution in [2.24, 2.45) is 0 Å². The number of nitrogens with one attached hydrogen (secondary N) is 2. The normalized spacial score (nSPS) is 11.0. The molecule has 0 aliphatic carbocycles. The summed E-state index contributed by atoms with van der Waals surface area (Å²) in [5.74, 6) is 0.933. The molecule has 3 nitrogen and oxygen atoms in total. The van der Waals surface area contributed by atoms with Crippen molar-refractivity contribution >= 4 is 16.7 Å². The van der Waals surface area contributed by atoms with Gasteiger partial charge < -0.3 is 10.3 Å². The predicted molar refractivity (Wildman–Crippen MR) is 88.7 cm³/mol. The number of aromatic nitrogens is 2. The summed E-state index contributed by atoms with van der Waals surface area (Å²) < 4.78 is 0. The molecule has 3 aromatic rings.